The Morgan fingerprint density at radius 1 is 1.14 bits per heavy atom. The van der Waals surface area contributed by atoms with Crippen LogP contribution in [0.25, 0.3) is 0 Å². The minimum Gasteiger partial charge on any atom is -0.480 e. The largest absolute Gasteiger partial charge is 0.480 e. The second-order valence-corrected chi connectivity index (χ2v) is 4.61. The van der Waals surface area contributed by atoms with E-state index >= 15 is 0 Å². The van der Waals surface area contributed by atoms with E-state index in [1.54, 1.807) is 14.0 Å². The van der Waals surface area contributed by atoms with Crippen molar-refractivity contribution in [3.05, 3.63) is 0 Å². The molecule has 0 spiro atoms. The van der Waals surface area contributed by atoms with E-state index in [0.717, 1.165) is 6.42 Å². The molecular formula is C13H27N3O5. The Labute approximate surface area is 125 Å². The standard InChI is InChI=1S/C7H15NO2.C6H12N2O3/c1-4-5(2)6(8-3)7(9)10;1-2-8-4(6(10)11)3-5(7)9/h5-6,8H,4H2,1-3H3,(H,9,10);4,8H,2-3H2,1H3,(H2,7,9)(H,10,11). The topological polar surface area (TPSA) is 142 Å². The summed E-state index contributed by atoms with van der Waals surface area (Å²) in [6.45, 7) is 6.18. The summed E-state index contributed by atoms with van der Waals surface area (Å²) in [4.78, 5) is 31.1. The van der Waals surface area contributed by atoms with Crippen LogP contribution in [-0.2, 0) is 14.4 Å². The molecule has 0 aliphatic heterocycles. The van der Waals surface area contributed by atoms with Crippen LogP contribution in [0.3, 0.4) is 0 Å². The fraction of sp³-hybridized carbons (Fsp3) is 0.769. The number of rotatable bonds is 9. The number of aliphatic carboxylic acids is 2. The Morgan fingerprint density at radius 2 is 1.67 bits per heavy atom. The van der Waals surface area contributed by atoms with E-state index in [4.69, 9.17) is 15.9 Å². The molecule has 0 heterocycles. The van der Waals surface area contributed by atoms with Crippen LogP contribution in [0.5, 0.6) is 0 Å². The Morgan fingerprint density at radius 3 is 1.86 bits per heavy atom. The highest BCUT2D eigenvalue weighted by molar-refractivity contribution is 5.83. The van der Waals surface area contributed by atoms with Gasteiger partial charge in [0.25, 0.3) is 0 Å². The average molecular weight is 305 g/mol. The number of likely N-dealkylation sites (N-methyl/N-ethyl adjacent to an activating group) is 2. The van der Waals surface area contributed by atoms with E-state index in [1.807, 2.05) is 13.8 Å². The molecule has 0 aliphatic rings. The molecule has 3 atom stereocenters. The Kier molecular flexibility index (Phi) is 12.5. The van der Waals surface area contributed by atoms with Gasteiger partial charge < -0.3 is 26.6 Å². The molecule has 0 aromatic carbocycles. The van der Waals surface area contributed by atoms with Crippen molar-refractivity contribution < 1.29 is 24.6 Å². The summed E-state index contributed by atoms with van der Waals surface area (Å²) in [5.41, 5.74) is 4.82. The van der Waals surface area contributed by atoms with Gasteiger partial charge in [-0.2, -0.15) is 0 Å². The number of carbonyl (C=O) groups excluding carboxylic acids is 1. The molecule has 3 unspecified atom stereocenters. The van der Waals surface area contributed by atoms with Crippen molar-refractivity contribution in [2.75, 3.05) is 13.6 Å². The van der Waals surface area contributed by atoms with Crippen LogP contribution in [0, 0.1) is 5.92 Å². The van der Waals surface area contributed by atoms with Crippen molar-refractivity contribution in [1.29, 1.82) is 0 Å². The fourth-order valence-electron chi connectivity index (χ4n) is 1.58. The maximum atomic E-state index is 10.5. The van der Waals surface area contributed by atoms with Crippen molar-refractivity contribution in [2.24, 2.45) is 11.7 Å². The normalized spacial score (nSPS) is 14.3. The molecule has 8 nitrogen and oxygen atoms in total. The average Bonchev–Trinajstić information content (AvgIpc) is 2.38. The molecule has 0 aliphatic carbocycles. The molecular weight excluding hydrogens is 278 g/mol. The van der Waals surface area contributed by atoms with Crippen molar-refractivity contribution in [1.82, 2.24) is 10.6 Å². The van der Waals surface area contributed by atoms with E-state index < -0.39 is 29.9 Å². The van der Waals surface area contributed by atoms with Gasteiger partial charge >= 0.3 is 11.9 Å². The first-order chi connectivity index (χ1) is 9.70. The fourth-order valence-corrected chi connectivity index (χ4v) is 1.58. The van der Waals surface area contributed by atoms with E-state index in [0.29, 0.717) is 6.54 Å². The molecule has 0 bridgehead atoms. The number of primary amides is 1. The van der Waals surface area contributed by atoms with E-state index in [-0.39, 0.29) is 12.3 Å². The van der Waals surface area contributed by atoms with Crippen LogP contribution in [-0.4, -0.2) is 53.7 Å². The summed E-state index contributed by atoms with van der Waals surface area (Å²) in [6.07, 6.45) is 0.723. The van der Waals surface area contributed by atoms with Crippen LogP contribution < -0.4 is 16.4 Å². The molecule has 0 radical (unpaired) electrons. The van der Waals surface area contributed by atoms with Crippen LogP contribution in [0.15, 0.2) is 0 Å². The molecule has 0 saturated heterocycles. The van der Waals surface area contributed by atoms with Crippen LogP contribution in [0.4, 0.5) is 0 Å². The third-order valence-corrected chi connectivity index (χ3v) is 2.94. The number of nitrogens with one attached hydrogen (secondary N) is 2. The third kappa shape index (κ3) is 10.7. The molecule has 1 amide bonds. The third-order valence-electron chi connectivity index (χ3n) is 2.94. The van der Waals surface area contributed by atoms with Crippen LogP contribution in [0.1, 0.15) is 33.6 Å². The number of carboxylic acids is 2. The first-order valence-electron chi connectivity index (χ1n) is 6.85. The van der Waals surface area contributed by atoms with Crippen molar-refractivity contribution >= 4 is 17.8 Å². The van der Waals surface area contributed by atoms with E-state index in [1.165, 1.54) is 0 Å². The Hall–Kier alpha value is -1.67. The minimum absolute atomic E-state index is 0.164. The summed E-state index contributed by atoms with van der Waals surface area (Å²) in [5.74, 6) is -2.23. The maximum Gasteiger partial charge on any atom is 0.321 e. The molecule has 0 aromatic heterocycles. The van der Waals surface area contributed by atoms with E-state index in [9.17, 15) is 14.4 Å². The van der Waals surface area contributed by atoms with Crippen LogP contribution >= 0.6 is 0 Å². The highest BCUT2D eigenvalue weighted by Crippen LogP contribution is 2.06. The van der Waals surface area contributed by atoms with Crippen molar-refractivity contribution in [3.63, 3.8) is 0 Å². The maximum absolute atomic E-state index is 10.5. The number of hydrogen-bond acceptors (Lipinski definition) is 5. The monoisotopic (exact) mass is 305 g/mol. The molecule has 0 saturated carbocycles. The molecule has 124 valence electrons. The van der Waals surface area contributed by atoms with E-state index in [2.05, 4.69) is 10.6 Å². The molecule has 0 fully saturated rings. The number of amides is 1. The molecule has 6 N–H and O–H groups in total. The number of carboxylic acid groups (broad SMARTS) is 2. The van der Waals surface area contributed by atoms with Gasteiger partial charge in [0.2, 0.25) is 5.91 Å². The van der Waals surface area contributed by atoms with Gasteiger partial charge in [-0.1, -0.05) is 27.2 Å². The van der Waals surface area contributed by atoms with Crippen molar-refractivity contribution in [3.8, 4) is 0 Å². The van der Waals surface area contributed by atoms with Gasteiger partial charge in [0.15, 0.2) is 0 Å². The lowest BCUT2D eigenvalue weighted by Gasteiger charge is -2.16. The summed E-state index contributed by atoms with van der Waals surface area (Å²) in [7, 11) is 1.67. The number of nitrogens with two attached hydrogens (primary N) is 1. The summed E-state index contributed by atoms with van der Waals surface area (Å²) in [5, 5.41) is 22.5. The highest BCUT2D eigenvalue weighted by Gasteiger charge is 2.20. The number of hydrogen-bond donors (Lipinski definition) is 5. The zero-order valence-electron chi connectivity index (χ0n) is 13.0. The minimum atomic E-state index is -1.05. The summed E-state index contributed by atoms with van der Waals surface area (Å²) in [6, 6.07) is -1.25. The lowest BCUT2D eigenvalue weighted by molar-refractivity contribution is -0.141. The van der Waals surface area contributed by atoms with Gasteiger partial charge in [-0.15, -0.1) is 0 Å². The SMILES string of the molecule is CCC(C)C(NC)C(=O)O.CCNC(CC(N)=O)C(=O)O. The quantitative estimate of drug-likeness (QED) is 0.391. The zero-order chi connectivity index (χ0) is 17.0. The number of carbonyl (C=O) groups is 3. The van der Waals surface area contributed by atoms with Crippen molar-refractivity contribution in [2.45, 2.75) is 45.7 Å². The van der Waals surface area contributed by atoms with Gasteiger partial charge in [-0.3, -0.25) is 14.4 Å². The van der Waals surface area contributed by atoms with Gasteiger partial charge in [-0.05, 0) is 19.5 Å². The lowest BCUT2D eigenvalue weighted by Crippen LogP contribution is -2.39. The first-order valence-corrected chi connectivity index (χ1v) is 6.85. The van der Waals surface area contributed by atoms with Crippen LogP contribution in [0.2, 0.25) is 0 Å². The Balaban J connectivity index is 0. The molecule has 8 heteroatoms. The predicted molar refractivity (Wildman–Crippen MR) is 78.9 cm³/mol. The lowest BCUT2D eigenvalue weighted by atomic mass is 10.00. The second kappa shape index (κ2) is 12.1. The van der Waals surface area contributed by atoms with Gasteiger partial charge in [0.05, 0.1) is 6.42 Å². The first kappa shape index (κ1) is 21.6. The van der Waals surface area contributed by atoms with Gasteiger partial charge in [0, 0.05) is 0 Å². The molecule has 21 heavy (non-hydrogen) atoms. The van der Waals surface area contributed by atoms with Gasteiger partial charge in [0.1, 0.15) is 12.1 Å². The molecule has 0 aromatic rings. The predicted octanol–water partition coefficient (Wildman–Crippen LogP) is -0.370. The summed E-state index contributed by atoms with van der Waals surface area (Å²) >= 11 is 0. The highest BCUT2D eigenvalue weighted by atomic mass is 16.4. The molecule has 0 rings (SSSR count). The second-order valence-electron chi connectivity index (χ2n) is 4.61. The van der Waals surface area contributed by atoms with Gasteiger partial charge in [-0.25, -0.2) is 0 Å². The zero-order valence-corrected chi connectivity index (χ0v) is 13.0. The summed E-state index contributed by atoms with van der Waals surface area (Å²) < 4.78 is 0. The smallest absolute Gasteiger partial charge is 0.321 e. The Bertz CT molecular complexity index is 336.